The van der Waals surface area contributed by atoms with Crippen molar-refractivity contribution in [3.05, 3.63) is 159 Å². The summed E-state index contributed by atoms with van der Waals surface area (Å²) in [6.45, 7) is 5.97. The number of nitriles is 1. The van der Waals surface area contributed by atoms with Gasteiger partial charge in [0.05, 0.1) is 29.2 Å². The Morgan fingerprint density at radius 1 is 0.978 bits per heavy atom. The van der Waals surface area contributed by atoms with Gasteiger partial charge in [0, 0.05) is 34.5 Å². The van der Waals surface area contributed by atoms with Gasteiger partial charge in [-0.3, -0.25) is 14.9 Å². The fourth-order valence-corrected chi connectivity index (χ4v) is 6.43. The van der Waals surface area contributed by atoms with E-state index in [1.807, 2.05) is 30.3 Å². The molecular formula is C36H27N3O6. The second kappa shape index (κ2) is 11.2. The molecule has 1 amide bonds. The van der Waals surface area contributed by atoms with E-state index in [4.69, 9.17) is 9.47 Å². The highest BCUT2D eigenvalue weighted by Gasteiger charge is 2.74. The predicted octanol–water partition coefficient (Wildman–Crippen LogP) is 6.36. The number of hydrogen-bond donors (Lipinski definition) is 0. The second-order valence-electron chi connectivity index (χ2n) is 10.6. The van der Waals surface area contributed by atoms with Crippen molar-refractivity contribution < 1.29 is 24.0 Å². The van der Waals surface area contributed by atoms with Crippen molar-refractivity contribution in [2.24, 2.45) is 0 Å². The quantitative estimate of drug-likeness (QED) is 0.100. The average molecular weight is 598 g/mol. The molecule has 2 aliphatic heterocycles. The van der Waals surface area contributed by atoms with Crippen LogP contribution in [0.15, 0.2) is 127 Å². The number of esters is 1. The topological polar surface area (TPSA) is 123 Å². The minimum absolute atomic E-state index is 0.00986. The molecule has 0 fully saturated rings. The van der Waals surface area contributed by atoms with E-state index in [2.05, 4.69) is 12.6 Å². The van der Waals surface area contributed by atoms with Crippen molar-refractivity contribution in [3.63, 3.8) is 0 Å². The fourth-order valence-electron chi connectivity index (χ4n) is 6.43. The third-order valence-corrected chi connectivity index (χ3v) is 8.31. The zero-order valence-electron chi connectivity index (χ0n) is 24.3. The lowest BCUT2D eigenvalue weighted by Gasteiger charge is -2.42. The fraction of sp³-hybridized carbons (Fsp3) is 0.139. The summed E-state index contributed by atoms with van der Waals surface area (Å²) in [7, 11) is 0. The molecule has 45 heavy (non-hydrogen) atoms. The standard InChI is InChI=1S/C36H27N3O6/c1-3-44-33(40)24(2)36(27-18-20-28(21-19-27)39(42)43)35(30(22-37)32(45-36)26-14-8-5-9-15-26)29-16-10-11-17-31(29)38(34(35)41)23-25-12-6-4-7-13-25/h4-21H,2-3,23H2,1H3/t35-,36+/m1/s1. The largest absolute Gasteiger partial charge is 0.474 e. The van der Waals surface area contributed by atoms with Crippen LogP contribution in [0, 0.1) is 21.4 Å². The molecule has 0 bridgehead atoms. The molecule has 1 spiro atoms. The lowest BCUT2D eigenvalue weighted by Crippen LogP contribution is -2.56. The molecular weight excluding hydrogens is 570 g/mol. The molecule has 0 aliphatic carbocycles. The molecule has 0 radical (unpaired) electrons. The van der Waals surface area contributed by atoms with E-state index in [1.165, 1.54) is 24.3 Å². The lowest BCUT2D eigenvalue weighted by molar-refractivity contribution is -0.384. The summed E-state index contributed by atoms with van der Waals surface area (Å²) < 4.78 is 12.3. The number of hydrogen-bond acceptors (Lipinski definition) is 7. The number of carbonyl (C=O) groups excluding carboxylic acids is 2. The van der Waals surface area contributed by atoms with Gasteiger partial charge in [0.15, 0.2) is 11.0 Å². The monoisotopic (exact) mass is 597 g/mol. The van der Waals surface area contributed by atoms with Gasteiger partial charge in [0.1, 0.15) is 11.8 Å². The van der Waals surface area contributed by atoms with Gasteiger partial charge in [0.2, 0.25) is 5.91 Å². The van der Waals surface area contributed by atoms with Crippen LogP contribution < -0.4 is 4.90 Å². The first-order valence-electron chi connectivity index (χ1n) is 14.3. The minimum atomic E-state index is -2.07. The van der Waals surface area contributed by atoms with Gasteiger partial charge in [-0.2, -0.15) is 5.26 Å². The van der Waals surface area contributed by atoms with Crippen LogP contribution >= 0.6 is 0 Å². The number of nitro groups is 1. The molecule has 0 saturated carbocycles. The zero-order chi connectivity index (χ0) is 31.8. The molecule has 0 unspecified atom stereocenters. The number of nitrogens with zero attached hydrogens (tertiary/aromatic N) is 3. The molecule has 0 saturated heterocycles. The van der Waals surface area contributed by atoms with Crippen LogP contribution in [0.1, 0.15) is 29.2 Å². The second-order valence-corrected chi connectivity index (χ2v) is 10.6. The van der Waals surface area contributed by atoms with E-state index in [0.717, 1.165) is 5.56 Å². The molecule has 4 aromatic carbocycles. The summed E-state index contributed by atoms with van der Waals surface area (Å²) in [5, 5.41) is 22.6. The number of rotatable bonds is 8. The van der Waals surface area contributed by atoms with E-state index in [-0.39, 0.29) is 41.3 Å². The van der Waals surface area contributed by atoms with E-state index in [0.29, 0.717) is 16.8 Å². The van der Waals surface area contributed by atoms with E-state index in [1.54, 1.807) is 66.4 Å². The van der Waals surface area contributed by atoms with Crippen LogP contribution in [0.3, 0.4) is 0 Å². The van der Waals surface area contributed by atoms with Crippen molar-refractivity contribution in [2.45, 2.75) is 24.5 Å². The normalized spacial score (nSPS) is 20.0. The number of carbonyl (C=O) groups is 2. The first-order chi connectivity index (χ1) is 21.8. The number of fused-ring (bicyclic) bond motifs is 2. The number of amides is 1. The van der Waals surface area contributed by atoms with E-state index >= 15 is 4.79 Å². The zero-order valence-corrected chi connectivity index (χ0v) is 24.3. The molecule has 9 nitrogen and oxygen atoms in total. The summed E-state index contributed by atoms with van der Waals surface area (Å²) in [6, 6.07) is 33.0. The van der Waals surface area contributed by atoms with Crippen LogP contribution in [0.5, 0.6) is 0 Å². The molecule has 2 heterocycles. The number of ether oxygens (including phenoxy) is 2. The Hall–Kier alpha value is -6.01. The first-order valence-corrected chi connectivity index (χ1v) is 14.3. The number of para-hydroxylation sites is 1. The SMILES string of the molecule is C=C(C(=O)OCC)[C@@]1(c2ccc([N+](=O)[O-])cc2)OC(c2ccccc2)=C(C#N)[C@]12C(=O)N(Cc1ccccc1)c1ccccc12. The lowest BCUT2D eigenvalue weighted by atomic mass is 9.59. The predicted molar refractivity (Wildman–Crippen MR) is 166 cm³/mol. The maximum Gasteiger partial charge on any atom is 0.337 e. The van der Waals surface area contributed by atoms with Gasteiger partial charge < -0.3 is 14.4 Å². The van der Waals surface area contributed by atoms with Gasteiger partial charge in [-0.15, -0.1) is 0 Å². The Balaban J connectivity index is 1.73. The van der Waals surface area contributed by atoms with Gasteiger partial charge in [-0.05, 0) is 30.7 Å². The Labute approximate surface area is 259 Å². The van der Waals surface area contributed by atoms with E-state index in [9.17, 15) is 20.2 Å². The smallest absolute Gasteiger partial charge is 0.337 e. The Morgan fingerprint density at radius 2 is 1.60 bits per heavy atom. The maximum atomic E-state index is 15.3. The van der Waals surface area contributed by atoms with Gasteiger partial charge >= 0.3 is 5.97 Å². The highest BCUT2D eigenvalue weighted by molar-refractivity contribution is 6.15. The van der Waals surface area contributed by atoms with Crippen molar-refractivity contribution >= 4 is 29.0 Å². The number of non-ortho nitro benzene ring substituents is 1. The van der Waals surface area contributed by atoms with Gasteiger partial charge in [-0.25, -0.2) is 4.79 Å². The highest BCUT2D eigenvalue weighted by atomic mass is 16.6. The van der Waals surface area contributed by atoms with Crippen molar-refractivity contribution in [1.29, 1.82) is 5.26 Å². The molecule has 6 rings (SSSR count). The van der Waals surface area contributed by atoms with Crippen LogP contribution in [0.25, 0.3) is 5.76 Å². The molecule has 2 aliphatic rings. The summed E-state index contributed by atoms with van der Waals surface area (Å²) >= 11 is 0. The maximum absolute atomic E-state index is 15.3. The molecule has 0 N–H and O–H groups in total. The molecule has 9 heteroatoms. The summed E-state index contributed by atoms with van der Waals surface area (Å²) in [4.78, 5) is 41.7. The van der Waals surface area contributed by atoms with Crippen molar-refractivity contribution in [3.8, 4) is 6.07 Å². The average Bonchev–Trinajstić information content (AvgIpc) is 3.52. The third kappa shape index (κ3) is 4.22. The Morgan fingerprint density at radius 3 is 2.22 bits per heavy atom. The van der Waals surface area contributed by atoms with Crippen LogP contribution in [0.2, 0.25) is 0 Å². The molecule has 0 aromatic heterocycles. The third-order valence-electron chi connectivity index (χ3n) is 8.31. The highest BCUT2D eigenvalue weighted by Crippen LogP contribution is 2.66. The molecule has 2 atom stereocenters. The Bertz CT molecular complexity index is 1910. The van der Waals surface area contributed by atoms with E-state index < -0.39 is 27.8 Å². The van der Waals surface area contributed by atoms with Crippen molar-refractivity contribution in [1.82, 2.24) is 0 Å². The molecule has 4 aromatic rings. The summed E-state index contributed by atoms with van der Waals surface area (Å²) in [5.41, 5.74) is -1.98. The van der Waals surface area contributed by atoms with Crippen LogP contribution in [0.4, 0.5) is 11.4 Å². The van der Waals surface area contributed by atoms with Crippen LogP contribution in [-0.2, 0) is 36.6 Å². The van der Waals surface area contributed by atoms with Crippen LogP contribution in [-0.4, -0.2) is 23.4 Å². The van der Waals surface area contributed by atoms with Gasteiger partial charge in [0.25, 0.3) is 5.69 Å². The van der Waals surface area contributed by atoms with Crippen molar-refractivity contribution in [2.75, 3.05) is 11.5 Å². The Kier molecular flexibility index (Phi) is 7.27. The minimum Gasteiger partial charge on any atom is -0.474 e. The summed E-state index contributed by atoms with van der Waals surface area (Å²) in [6.07, 6.45) is 0. The molecule has 222 valence electrons. The van der Waals surface area contributed by atoms with Gasteiger partial charge in [-0.1, -0.05) is 85.4 Å². The number of benzene rings is 4. The number of anilines is 1. The first kappa shape index (κ1) is 29.1. The summed E-state index contributed by atoms with van der Waals surface area (Å²) in [5.74, 6) is -1.26. The number of nitro benzene ring substituents is 1.